The van der Waals surface area contributed by atoms with Gasteiger partial charge >= 0.3 is 0 Å². The zero-order chi connectivity index (χ0) is 26.1. The molecule has 38 heavy (non-hydrogen) atoms. The van der Waals surface area contributed by atoms with Crippen LogP contribution in [0, 0.1) is 5.92 Å². The molecular formula is C33H41N3O2. The first kappa shape index (κ1) is 25.4. The molecule has 2 aliphatic carbocycles. The Kier molecular flexibility index (Phi) is 7.38. The van der Waals surface area contributed by atoms with Crippen molar-refractivity contribution in [3.05, 3.63) is 83.1 Å². The second-order valence-electron chi connectivity index (χ2n) is 12.1. The highest BCUT2D eigenvalue weighted by molar-refractivity contribution is 6.01. The fraction of sp³-hybridized carbons (Fsp3) is 0.515. The number of nitrogens with zero attached hydrogens (tertiary/aromatic N) is 1. The number of amides is 2. The molecule has 6 rings (SSSR count). The van der Waals surface area contributed by atoms with Gasteiger partial charge in [0.2, 0.25) is 5.91 Å². The zero-order valence-electron chi connectivity index (χ0n) is 22.5. The van der Waals surface area contributed by atoms with Crippen LogP contribution in [0.3, 0.4) is 0 Å². The van der Waals surface area contributed by atoms with Crippen molar-refractivity contribution in [2.45, 2.75) is 101 Å². The lowest BCUT2D eigenvalue weighted by Gasteiger charge is -2.38. The number of hydrogen-bond donors (Lipinski definition) is 2. The van der Waals surface area contributed by atoms with Crippen molar-refractivity contribution in [3.8, 4) is 0 Å². The summed E-state index contributed by atoms with van der Waals surface area (Å²) in [5, 5.41) is 6.94. The van der Waals surface area contributed by atoms with Gasteiger partial charge in [-0.15, -0.1) is 0 Å². The van der Waals surface area contributed by atoms with Gasteiger partial charge in [0.25, 0.3) is 5.91 Å². The van der Waals surface area contributed by atoms with E-state index in [-0.39, 0.29) is 11.8 Å². The van der Waals surface area contributed by atoms with E-state index in [0.717, 1.165) is 29.7 Å². The minimum atomic E-state index is -0.396. The first-order valence-corrected chi connectivity index (χ1v) is 14.8. The molecule has 2 aliphatic heterocycles. The van der Waals surface area contributed by atoms with Gasteiger partial charge in [0.1, 0.15) is 6.04 Å². The Morgan fingerprint density at radius 2 is 1.71 bits per heavy atom. The van der Waals surface area contributed by atoms with Crippen LogP contribution >= 0.6 is 0 Å². The van der Waals surface area contributed by atoms with Gasteiger partial charge in [0, 0.05) is 29.9 Å². The summed E-state index contributed by atoms with van der Waals surface area (Å²) in [6.45, 7) is 4.40. The van der Waals surface area contributed by atoms with Crippen LogP contribution in [0.2, 0.25) is 0 Å². The first-order chi connectivity index (χ1) is 18.5. The number of benzene rings is 2. The maximum Gasteiger partial charge on any atom is 0.255 e. The lowest BCUT2D eigenvalue weighted by Crippen LogP contribution is -2.49. The van der Waals surface area contributed by atoms with Gasteiger partial charge < -0.3 is 15.5 Å². The SMILES string of the molecule is C=C1CCC(N2Cc3cc(C[C@H]4CCCC[C@@H]4N[C@H]4CC[C@H](c5ccccc5)CC4)ccc3C2=O)C(=O)N1. The molecule has 5 heteroatoms. The van der Waals surface area contributed by atoms with Gasteiger partial charge in [-0.25, -0.2) is 0 Å². The van der Waals surface area contributed by atoms with Crippen molar-refractivity contribution in [2.75, 3.05) is 0 Å². The third-order valence-electron chi connectivity index (χ3n) is 9.55. The number of nitrogens with one attached hydrogen (secondary N) is 2. The maximum absolute atomic E-state index is 13.1. The molecule has 0 aromatic heterocycles. The van der Waals surface area contributed by atoms with Crippen LogP contribution in [0.15, 0.2) is 60.8 Å². The number of carbonyl (C=O) groups excluding carboxylic acids is 2. The Balaban J connectivity index is 1.07. The minimum Gasteiger partial charge on any atom is -0.329 e. The van der Waals surface area contributed by atoms with Crippen molar-refractivity contribution in [2.24, 2.45) is 5.92 Å². The molecule has 4 aliphatic rings. The Hall–Kier alpha value is -2.92. The van der Waals surface area contributed by atoms with Gasteiger partial charge in [0.15, 0.2) is 0 Å². The van der Waals surface area contributed by atoms with Crippen LogP contribution in [-0.2, 0) is 17.8 Å². The average Bonchev–Trinajstić information content (AvgIpc) is 3.26. The van der Waals surface area contributed by atoms with Crippen molar-refractivity contribution in [1.29, 1.82) is 0 Å². The predicted octanol–water partition coefficient (Wildman–Crippen LogP) is 5.85. The third kappa shape index (κ3) is 5.31. The van der Waals surface area contributed by atoms with E-state index in [0.29, 0.717) is 36.9 Å². The number of carbonyl (C=O) groups is 2. The van der Waals surface area contributed by atoms with E-state index >= 15 is 0 Å². The van der Waals surface area contributed by atoms with Crippen molar-refractivity contribution >= 4 is 11.8 Å². The van der Waals surface area contributed by atoms with Gasteiger partial charge in [-0.1, -0.05) is 61.9 Å². The molecule has 1 unspecified atom stereocenters. The van der Waals surface area contributed by atoms with Gasteiger partial charge in [0.05, 0.1) is 0 Å². The molecule has 2 amide bonds. The number of hydrogen-bond acceptors (Lipinski definition) is 3. The van der Waals surface area contributed by atoms with Gasteiger partial charge in [-0.05, 0) is 92.4 Å². The number of piperidine rings is 1. The normalized spacial score (nSPS) is 29.7. The third-order valence-corrected chi connectivity index (χ3v) is 9.55. The van der Waals surface area contributed by atoms with E-state index in [4.69, 9.17) is 0 Å². The summed E-state index contributed by atoms with van der Waals surface area (Å²) in [6.07, 6.45) is 12.7. The van der Waals surface area contributed by atoms with Crippen LogP contribution in [0.5, 0.6) is 0 Å². The van der Waals surface area contributed by atoms with Crippen molar-refractivity contribution in [3.63, 3.8) is 0 Å². The largest absolute Gasteiger partial charge is 0.329 e. The topological polar surface area (TPSA) is 61.4 Å². The molecule has 200 valence electrons. The molecule has 2 heterocycles. The quantitative estimate of drug-likeness (QED) is 0.511. The number of rotatable bonds is 6. The Morgan fingerprint density at radius 3 is 2.50 bits per heavy atom. The zero-order valence-corrected chi connectivity index (χ0v) is 22.5. The standard InChI is InChI=1S/C33H41N3O2/c1-22-11-18-31(32(37)34-22)36-21-27-20-23(12-17-29(27)33(36)38)19-26-9-5-6-10-30(26)35-28-15-13-25(14-16-28)24-7-3-2-4-8-24/h2-4,7-8,12,17,20,25-26,28,30-31,35H,1,5-6,9-11,13-16,18-19,21H2,(H,34,37)/t25-,26-,28-,30+,31?/m1/s1. The van der Waals surface area contributed by atoms with Crippen LogP contribution in [0.4, 0.5) is 0 Å². The van der Waals surface area contributed by atoms with Gasteiger partial charge in [-0.2, -0.15) is 0 Å². The molecule has 0 spiro atoms. The molecule has 2 saturated carbocycles. The van der Waals surface area contributed by atoms with Crippen LogP contribution < -0.4 is 10.6 Å². The lowest BCUT2D eigenvalue weighted by atomic mass is 9.78. The van der Waals surface area contributed by atoms with Gasteiger partial charge in [-0.3, -0.25) is 9.59 Å². The molecular weight excluding hydrogens is 470 g/mol. The minimum absolute atomic E-state index is 0.0115. The second kappa shape index (κ2) is 11.1. The lowest BCUT2D eigenvalue weighted by molar-refractivity contribution is -0.126. The fourth-order valence-corrected chi connectivity index (χ4v) is 7.43. The van der Waals surface area contributed by atoms with E-state index in [1.165, 1.54) is 62.5 Å². The summed E-state index contributed by atoms with van der Waals surface area (Å²) in [4.78, 5) is 27.4. The Bertz CT molecular complexity index is 1180. The van der Waals surface area contributed by atoms with E-state index in [9.17, 15) is 9.59 Å². The molecule has 0 bridgehead atoms. The van der Waals surface area contributed by atoms with E-state index in [1.54, 1.807) is 4.90 Å². The molecule has 2 N–H and O–H groups in total. The maximum atomic E-state index is 13.1. The molecule has 5 nitrogen and oxygen atoms in total. The molecule has 0 radical (unpaired) electrons. The Labute approximate surface area is 227 Å². The summed E-state index contributed by atoms with van der Waals surface area (Å²) in [5.41, 5.74) is 5.41. The van der Waals surface area contributed by atoms with E-state index in [1.807, 2.05) is 6.07 Å². The van der Waals surface area contributed by atoms with E-state index < -0.39 is 6.04 Å². The summed E-state index contributed by atoms with van der Waals surface area (Å²) in [6, 6.07) is 18.2. The fourth-order valence-electron chi connectivity index (χ4n) is 7.43. The van der Waals surface area contributed by atoms with Crippen LogP contribution in [0.1, 0.15) is 97.2 Å². The number of allylic oxidation sites excluding steroid dienone is 1. The Morgan fingerprint density at radius 1 is 0.921 bits per heavy atom. The first-order valence-electron chi connectivity index (χ1n) is 14.8. The molecule has 3 atom stereocenters. The second-order valence-corrected chi connectivity index (χ2v) is 12.1. The molecule has 1 saturated heterocycles. The monoisotopic (exact) mass is 511 g/mol. The highest BCUT2D eigenvalue weighted by Gasteiger charge is 2.38. The van der Waals surface area contributed by atoms with E-state index in [2.05, 4.69) is 59.7 Å². The molecule has 2 aromatic carbocycles. The number of fused-ring (bicyclic) bond motifs is 1. The highest BCUT2D eigenvalue weighted by Crippen LogP contribution is 2.36. The summed E-state index contributed by atoms with van der Waals surface area (Å²) in [7, 11) is 0. The summed E-state index contributed by atoms with van der Waals surface area (Å²) in [5.74, 6) is 1.24. The summed E-state index contributed by atoms with van der Waals surface area (Å²) >= 11 is 0. The average molecular weight is 512 g/mol. The molecule has 2 aromatic rings. The smallest absolute Gasteiger partial charge is 0.255 e. The van der Waals surface area contributed by atoms with Crippen molar-refractivity contribution in [1.82, 2.24) is 15.5 Å². The van der Waals surface area contributed by atoms with Crippen LogP contribution in [0.25, 0.3) is 0 Å². The highest BCUT2D eigenvalue weighted by atomic mass is 16.2. The molecule has 3 fully saturated rings. The summed E-state index contributed by atoms with van der Waals surface area (Å²) < 4.78 is 0. The predicted molar refractivity (Wildman–Crippen MR) is 151 cm³/mol. The van der Waals surface area contributed by atoms with Crippen molar-refractivity contribution < 1.29 is 9.59 Å². The van der Waals surface area contributed by atoms with Crippen LogP contribution in [-0.4, -0.2) is 34.8 Å².